The fourth-order valence-electron chi connectivity index (χ4n) is 1.34. The van der Waals surface area contributed by atoms with Crippen LogP contribution in [0.3, 0.4) is 0 Å². The molecule has 0 bridgehead atoms. The molecule has 0 aliphatic heterocycles. The predicted octanol–water partition coefficient (Wildman–Crippen LogP) is -0.0900. The SMILES string of the molecule is C=CC(=O)NC(C)(C)CS(=O)(=O)O.C=CC(=O)NCC(C)(C)S(=O)(=O)O. The average molecular weight is 415 g/mol. The highest BCUT2D eigenvalue weighted by molar-refractivity contribution is 7.87. The van der Waals surface area contributed by atoms with Crippen molar-refractivity contribution in [1.82, 2.24) is 10.6 Å². The molecule has 0 unspecified atom stereocenters. The monoisotopic (exact) mass is 414 g/mol. The molecule has 26 heavy (non-hydrogen) atoms. The third-order valence-corrected chi connectivity index (χ3v) is 5.39. The Morgan fingerprint density at radius 3 is 1.69 bits per heavy atom. The van der Waals surface area contributed by atoms with Crippen molar-refractivity contribution in [1.29, 1.82) is 0 Å². The van der Waals surface area contributed by atoms with E-state index >= 15 is 0 Å². The normalized spacial score (nSPS) is 12.2. The fraction of sp³-hybridized carbons (Fsp3) is 0.571. The van der Waals surface area contributed by atoms with Gasteiger partial charge in [0.25, 0.3) is 20.2 Å². The molecule has 0 atom stereocenters. The summed E-state index contributed by atoms with van der Waals surface area (Å²) in [7, 11) is -8.24. The number of carbonyl (C=O) groups is 2. The van der Waals surface area contributed by atoms with Crippen LogP contribution in [-0.4, -0.2) is 60.3 Å². The first kappa shape index (κ1) is 26.5. The van der Waals surface area contributed by atoms with Crippen LogP contribution in [0.1, 0.15) is 27.7 Å². The van der Waals surface area contributed by atoms with Crippen LogP contribution in [0.2, 0.25) is 0 Å². The lowest BCUT2D eigenvalue weighted by molar-refractivity contribution is -0.118. The first-order chi connectivity index (χ1) is 11.4. The molecule has 152 valence electrons. The molecule has 2 amide bonds. The first-order valence-corrected chi connectivity index (χ1v) is 10.2. The summed E-state index contributed by atoms with van der Waals surface area (Å²) >= 11 is 0. The highest BCUT2D eigenvalue weighted by Gasteiger charge is 2.32. The van der Waals surface area contributed by atoms with Gasteiger partial charge in [0.05, 0.1) is 11.3 Å². The molecule has 0 radical (unpaired) electrons. The van der Waals surface area contributed by atoms with Crippen LogP contribution < -0.4 is 10.6 Å². The van der Waals surface area contributed by atoms with E-state index in [4.69, 9.17) is 9.11 Å². The molecule has 12 heteroatoms. The van der Waals surface area contributed by atoms with Crippen molar-refractivity contribution in [2.45, 2.75) is 38.0 Å². The van der Waals surface area contributed by atoms with E-state index in [1.54, 1.807) is 0 Å². The van der Waals surface area contributed by atoms with E-state index < -0.39 is 48.1 Å². The molecule has 0 aromatic rings. The second-order valence-corrected chi connectivity index (χ2v) is 9.97. The van der Waals surface area contributed by atoms with Crippen molar-refractivity contribution in [2.24, 2.45) is 0 Å². The van der Waals surface area contributed by atoms with E-state index in [0.717, 1.165) is 12.2 Å². The van der Waals surface area contributed by atoms with Crippen molar-refractivity contribution in [3.8, 4) is 0 Å². The van der Waals surface area contributed by atoms with Crippen molar-refractivity contribution in [3.05, 3.63) is 25.3 Å². The summed E-state index contributed by atoms with van der Waals surface area (Å²) in [4.78, 5) is 21.5. The topological polar surface area (TPSA) is 167 Å². The number of carbonyl (C=O) groups excluding carboxylic acids is 2. The Kier molecular flexibility index (Phi) is 9.98. The van der Waals surface area contributed by atoms with Gasteiger partial charge in [-0.3, -0.25) is 18.7 Å². The molecule has 0 saturated carbocycles. The van der Waals surface area contributed by atoms with E-state index in [9.17, 15) is 26.4 Å². The van der Waals surface area contributed by atoms with Crippen LogP contribution in [0.5, 0.6) is 0 Å². The van der Waals surface area contributed by atoms with Crippen molar-refractivity contribution >= 4 is 32.1 Å². The first-order valence-electron chi connectivity index (χ1n) is 7.14. The predicted molar refractivity (Wildman–Crippen MR) is 97.7 cm³/mol. The molecule has 0 spiro atoms. The van der Waals surface area contributed by atoms with Gasteiger partial charge in [-0.15, -0.1) is 0 Å². The highest BCUT2D eigenvalue weighted by atomic mass is 32.2. The number of hydrogen-bond acceptors (Lipinski definition) is 6. The largest absolute Gasteiger partial charge is 0.351 e. The van der Waals surface area contributed by atoms with E-state index in [0.29, 0.717) is 0 Å². The molecule has 10 nitrogen and oxygen atoms in total. The molecule has 0 aliphatic carbocycles. The molecular weight excluding hydrogens is 388 g/mol. The lowest BCUT2D eigenvalue weighted by Crippen LogP contribution is -2.47. The number of amides is 2. The van der Waals surface area contributed by atoms with E-state index in [1.165, 1.54) is 27.7 Å². The number of rotatable bonds is 8. The van der Waals surface area contributed by atoms with Crippen LogP contribution in [0, 0.1) is 0 Å². The smallest absolute Gasteiger partial charge is 0.271 e. The summed E-state index contributed by atoms with van der Waals surface area (Å²) in [6.07, 6.45) is 2.06. The zero-order chi connectivity index (χ0) is 21.4. The lowest BCUT2D eigenvalue weighted by atomic mass is 10.1. The lowest BCUT2D eigenvalue weighted by Gasteiger charge is -2.23. The molecule has 0 aromatic heterocycles. The molecular formula is C14H26N2O8S2. The Labute approximate surface area is 154 Å². The Hall–Kier alpha value is -1.76. The molecule has 4 N–H and O–H groups in total. The summed E-state index contributed by atoms with van der Waals surface area (Å²) in [6, 6.07) is 0. The summed E-state index contributed by atoms with van der Waals surface area (Å²) < 4.78 is 58.3. The molecule has 0 saturated heterocycles. The van der Waals surface area contributed by atoms with Crippen molar-refractivity contribution in [2.75, 3.05) is 12.3 Å². The summed E-state index contributed by atoms with van der Waals surface area (Å²) in [5.41, 5.74) is -1.00. The standard InChI is InChI=1S/2C7H13NO4S/c1-4-6(9)8-7(2,3)5-13(10,11)12;1-4-6(9)8-5-7(2,3)13(10,11)12/h2*4H,1,5H2,2-3H3,(H,8,9)(H,10,11,12). The maximum atomic E-state index is 10.8. The minimum Gasteiger partial charge on any atom is -0.351 e. The van der Waals surface area contributed by atoms with Gasteiger partial charge >= 0.3 is 0 Å². The van der Waals surface area contributed by atoms with Gasteiger partial charge in [0.1, 0.15) is 4.75 Å². The maximum Gasteiger partial charge on any atom is 0.271 e. The minimum absolute atomic E-state index is 0.156. The molecule has 0 rings (SSSR count). The summed E-state index contributed by atoms with van der Waals surface area (Å²) in [6.45, 7) is 11.9. The Morgan fingerprint density at radius 2 is 1.38 bits per heavy atom. The van der Waals surface area contributed by atoms with Gasteiger partial charge in [-0.2, -0.15) is 16.8 Å². The Balaban J connectivity index is 0. The molecule has 0 heterocycles. The maximum absolute atomic E-state index is 10.8. The van der Waals surface area contributed by atoms with Gasteiger partial charge in [-0.05, 0) is 39.8 Å². The van der Waals surface area contributed by atoms with Gasteiger partial charge in [0.15, 0.2) is 0 Å². The zero-order valence-electron chi connectivity index (χ0n) is 15.1. The van der Waals surface area contributed by atoms with Gasteiger partial charge < -0.3 is 10.6 Å². The van der Waals surface area contributed by atoms with Gasteiger partial charge in [0.2, 0.25) is 11.8 Å². The second-order valence-electron chi connectivity index (χ2n) is 6.46. The van der Waals surface area contributed by atoms with Crippen LogP contribution in [0.25, 0.3) is 0 Å². The average Bonchev–Trinajstić information content (AvgIpc) is 2.40. The fourth-order valence-corrected chi connectivity index (χ4v) is 2.58. The third kappa shape index (κ3) is 12.6. The van der Waals surface area contributed by atoms with E-state index in [1.807, 2.05) is 0 Å². The summed E-state index contributed by atoms with van der Waals surface area (Å²) in [5.74, 6) is -1.48. The van der Waals surface area contributed by atoms with Gasteiger partial charge in [-0.25, -0.2) is 0 Å². The Morgan fingerprint density at radius 1 is 0.962 bits per heavy atom. The van der Waals surface area contributed by atoms with Crippen LogP contribution in [0.15, 0.2) is 25.3 Å². The zero-order valence-corrected chi connectivity index (χ0v) is 16.8. The van der Waals surface area contributed by atoms with Gasteiger partial charge in [0, 0.05) is 6.54 Å². The third-order valence-electron chi connectivity index (χ3n) is 2.76. The molecule has 0 aliphatic rings. The second kappa shape index (κ2) is 9.80. The van der Waals surface area contributed by atoms with Crippen molar-refractivity contribution in [3.63, 3.8) is 0 Å². The van der Waals surface area contributed by atoms with E-state index in [-0.39, 0.29) is 6.54 Å². The molecule has 0 aromatic carbocycles. The van der Waals surface area contributed by atoms with E-state index in [2.05, 4.69) is 23.8 Å². The van der Waals surface area contributed by atoms with Crippen LogP contribution >= 0.6 is 0 Å². The Bertz CT molecular complexity index is 737. The number of hydrogen-bond donors (Lipinski definition) is 4. The minimum atomic E-state index is -4.16. The van der Waals surface area contributed by atoms with Gasteiger partial charge in [-0.1, -0.05) is 13.2 Å². The molecule has 0 fully saturated rings. The summed E-state index contributed by atoms with van der Waals surface area (Å²) in [5, 5.41) is 4.65. The highest BCUT2D eigenvalue weighted by Crippen LogP contribution is 2.12. The van der Waals surface area contributed by atoms with Crippen LogP contribution in [0.4, 0.5) is 0 Å². The van der Waals surface area contributed by atoms with Crippen LogP contribution in [-0.2, 0) is 29.8 Å². The number of nitrogens with one attached hydrogen (secondary N) is 2. The van der Waals surface area contributed by atoms with Crippen molar-refractivity contribution < 1.29 is 35.5 Å². The quantitative estimate of drug-likeness (QED) is 0.316.